The van der Waals surface area contributed by atoms with E-state index >= 15 is 0 Å². The Bertz CT molecular complexity index is 328. The number of aliphatic hydroxyl groups excluding tert-OH is 1. The van der Waals surface area contributed by atoms with E-state index in [2.05, 4.69) is 10.3 Å². The van der Waals surface area contributed by atoms with Gasteiger partial charge in [-0.25, -0.2) is 0 Å². The van der Waals surface area contributed by atoms with Crippen LogP contribution in [-0.4, -0.2) is 33.8 Å². The van der Waals surface area contributed by atoms with E-state index in [-0.39, 0.29) is 29.9 Å². The van der Waals surface area contributed by atoms with Gasteiger partial charge in [-0.05, 0) is 13.0 Å². The SMILES string of the molecule is C[C@@H](CO)NC(=O)c1cncc(O)c1. The third-order valence-corrected chi connectivity index (χ3v) is 1.64. The van der Waals surface area contributed by atoms with Crippen molar-refractivity contribution in [3.63, 3.8) is 0 Å². The Morgan fingerprint density at radius 1 is 1.64 bits per heavy atom. The topological polar surface area (TPSA) is 82.5 Å². The van der Waals surface area contributed by atoms with Gasteiger partial charge >= 0.3 is 0 Å². The second kappa shape index (κ2) is 4.57. The molecular weight excluding hydrogens is 184 g/mol. The summed E-state index contributed by atoms with van der Waals surface area (Å²) in [6.07, 6.45) is 2.59. The molecule has 5 heteroatoms. The van der Waals surface area contributed by atoms with E-state index in [4.69, 9.17) is 10.2 Å². The number of carbonyl (C=O) groups is 1. The van der Waals surface area contributed by atoms with Gasteiger partial charge in [0.15, 0.2) is 0 Å². The van der Waals surface area contributed by atoms with Gasteiger partial charge in [0.1, 0.15) is 5.75 Å². The molecular formula is C9H12N2O3. The maximum absolute atomic E-state index is 11.4. The molecule has 76 valence electrons. The summed E-state index contributed by atoms with van der Waals surface area (Å²) < 4.78 is 0. The molecule has 1 amide bonds. The second-order valence-corrected chi connectivity index (χ2v) is 2.99. The lowest BCUT2D eigenvalue weighted by Crippen LogP contribution is -2.34. The van der Waals surface area contributed by atoms with Crippen LogP contribution in [0.1, 0.15) is 17.3 Å². The first-order valence-electron chi connectivity index (χ1n) is 4.19. The molecule has 1 aromatic rings. The van der Waals surface area contributed by atoms with Gasteiger partial charge in [-0.1, -0.05) is 0 Å². The number of nitrogens with zero attached hydrogens (tertiary/aromatic N) is 1. The standard InChI is InChI=1S/C9H12N2O3/c1-6(5-12)11-9(14)7-2-8(13)4-10-3-7/h2-4,6,12-13H,5H2,1H3,(H,11,14)/t6-/m0/s1. The van der Waals surface area contributed by atoms with Crippen LogP contribution in [0, 0.1) is 0 Å². The van der Waals surface area contributed by atoms with Crippen LogP contribution in [0.25, 0.3) is 0 Å². The molecule has 0 unspecified atom stereocenters. The highest BCUT2D eigenvalue weighted by Crippen LogP contribution is 2.08. The number of aromatic hydroxyl groups is 1. The minimum atomic E-state index is -0.366. The zero-order valence-electron chi connectivity index (χ0n) is 7.77. The molecule has 0 saturated carbocycles. The molecule has 5 nitrogen and oxygen atoms in total. The summed E-state index contributed by atoms with van der Waals surface area (Å²) in [6.45, 7) is 1.55. The van der Waals surface area contributed by atoms with E-state index in [9.17, 15) is 4.79 Å². The first-order valence-corrected chi connectivity index (χ1v) is 4.19. The predicted octanol–water partition coefficient (Wildman–Crippen LogP) is -0.102. The lowest BCUT2D eigenvalue weighted by Gasteiger charge is -2.10. The monoisotopic (exact) mass is 196 g/mol. The number of hydrogen-bond acceptors (Lipinski definition) is 4. The molecule has 0 bridgehead atoms. The fraction of sp³-hybridized carbons (Fsp3) is 0.333. The number of nitrogens with one attached hydrogen (secondary N) is 1. The fourth-order valence-electron chi connectivity index (χ4n) is 0.905. The number of amides is 1. The van der Waals surface area contributed by atoms with E-state index < -0.39 is 0 Å². The van der Waals surface area contributed by atoms with Gasteiger partial charge in [0.2, 0.25) is 0 Å². The molecule has 1 aromatic heterocycles. The highest BCUT2D eigenvalue weighted by Gasteiger charge is 2.09. The lowest BCUT2D eigenvalue weighted by molar-refractivity contribution is 0.0921. The number of carbonyl (C=O) groups excluding carboxylic acids is 1. The van der Waals surface area contributed by atoms with Gasteiger partial charge in [-0.15, -0.1) is 0 Å². The molecule has 0 aliphatic rings. The Balaban J connectivity index is 2.70. The van der Waals surface area contributed by atoms with Crippen molar-refractivity contribution in [2.45, 2.75) is 13.0 Å². The van der Waals surface area contributed by atoms with Crippen molar-refractivity contribution >= 4 is 5.91 Å². The molecule has 0 radical (unpaired) electrons. The van der Waals surface area contributed by atoms with Crippen LogP contribution in [0.3, 0.4) is 0 Å². The van der Waals surface area contributed by atoms with Crippen LogP contribution >= 0.6 is 0 Å². The minimum Gasteiger partial charge on any atom is -0.506 e. The Morgan fingerprint density at radius 2 is 2.36 bits per heavy atom. The molecule has 0 aliphatic carbocycles. The van der Waals surface area contributed by atoms with Gasteiger partial charge in [0.25, 0.3) is 5.91 Å². The van der Waals surface area contributed by atoms with Crippen molar-refractivity contribution in [3.8, 4) is 5.75 Å². The summed E-state index contributed by atoms with van der Waals surface area (Å²) in [5.74, 6) is -0.427. The van der Waals surface area contributed by atoms with Crippen molar-refractivity contribution in [3.05, 3.63) is 24.0 Å². The Morgan fingerprint density at radius 3 is 2.93 bits per heavy atom. The van der Waals surface area contributed by atoms with E-state index in [1.54, 1.807) is 6.92 Å². The molecule has 14 heavy (non-hydrogen) atoms. The first kappa shape index (κ1) is 10.5. The average Bonchev–Trinajstić information content (AvgIpc) is 2.17. The molecule has 1 atom stereocenters. The van der Waals surface area contributed by atoms with Crippen LogP contribution in [0.5, 0.6) is 5.75 Å². The van der Waals surface area contributed by atoms with E-state index in [1.807, 2.05) is 0 Å². The number of hydrogen-bond donors (Lipinski definition) is 3. The van der Waals surface area contributed by atoms with Gasteiger partial charge < -0.3 is 15.5 Å². The summed E-state index contributed by atoms with van der Waals surface area (Å²) in [4.78, 5) is 15.1. The molecule has 0 saturated heterocycles. The average molecular weight is 196 g/mol. The largest absolute Gasteiger partial charge is 0.506 e. The summed E-state index contributed by atoms with van der Waals surface area (Å²) in [7, 11) is 0. The maximum Gasteiger partial charge on any atom is 0.253 e. The van der Waals surface area contributed by atoms with Crippen LogP contribution in [0.15, 0.2) is 18.5 Å². The highest BCUT2D eigenvalue weighted by atomic mass is 16.3. The van der Waals surface area contributed by atoms with Crippen molar-refractivity contribution < 1.29 is 15.0 Å². The molecule has 0 fully saturated rings. The summed E-state index contributed by atoms with van der Waals surface area (Å²) in [5.41, 5.74) is 0.269. The van der Waals surface area contributed by atoms with Crippen molar-refractivity contribution in [2.24, 2.45) is 0 Å². The smallest absolute Gasteiger partial charge is 0.253 e. The molecule has 3 N–H and O–H groups in total. The first-order chi connectivity index (χ1) is 6.63. The lowest BCUT2D eigenvalue weighted by atomic mass is 10.2. The molecule has 0 aliphatic heterocycles. The van der Waals surface area contributed by atoms with Crippen LogP contribution in [0.2, 0.25) is 0 Å². The van der Waals surface area contributed by atoms with Gasteiger partial charge in [0.05, 0.1) is 18.4 Å². The fourth-order valence-corrected chi connectivity index (χ4v) is 0.905. The maximum atomic E-state index is 11.4. The van der Waals surface area contributed by atoms with Crippen LogP contribution in [0.4, 0.5) is 0 Å². The Labute approximate surface area is 81.4 Å². The summed E-state index contributed by atoms with van der Waals surface area (Å²) >= 11 is 0. The number of aliphatic hydroxyl groups is 1. The zero-order chi connectivity index (χ0) is 10.6. The number of rotatable bonds is 3. The van der Waals surface area contributed by atoms with Crippen molar-refractivity contribution in [2.75, 3.05) is 6.61 Å². The molecule has 1 heterocycles. The quantitative estimate of drug-likeness (QED) is 0.630. The zero-order valence-corrected chi connectivity index (χ0v) is 7.77. The van der Waals surface area contributed by atoms with Gasteiger partial charge in [0, 0.05) is 12.2 Å². The third-order valence-electron chi connectivity index (χ3n) is 1.64. The van der Waals surface area contributed by atoms with Crippen molar-refractivity contribution in [1.29, 1.82) is 0 Å². The number of aromatic nitrogens is 1. The second-order valence-electron chi connectivity index (χ2n) is 2.99. The molecule has 0 aromatic carbocycles. The third kappa shape index (κ3) is 2.70. The summed E-state index contributed by atoms with van der Waals surface area (Å²) in [5, 5.41) is 20.3. The van der Waals surface area contributed by atoms with Crippen LogP contribution in [-0.2, 0) is 0 Å². The van der Waals surface area contributed by atoms with Crippen molar-refractivity contribution in [1.82, 2.24) is 10.3 Å². The van der Waals surface area contributed by atoms with Crippen LogP contribution < -0.4 is 5.32 Å². The van der Waals surface area contributed by atoms with E-state index in [0.717, 1.165) is 0 Å². The molecule has 1 rings (SSSR count). The molecule has 0 spiro atoms. The van der Waals surface area contributed by atoms with Gasteiger partial charge in [-0.3, -0.25) is 9.78 Å². The number of pyridine rings is 1. The van der Waals surface area contributed by atoms with Gasteiger partial charge in [-0.2, -0.15) is 0 Å². The van der Waals surface area contributed by atoms with E-state index in [1.165, 1.54) is 18.5 Å². The highest BCUT2D eigenvalue weighted by molar-refractivity contribution is 5.94. The Hall–Kier alpha value is -1.62. The predicted molar refractivity (Wildman–Crippen MR) is 49.9 cm³/mol. The Kier molecular flexibility index (Phi) is 3.41. The minimum absolute atomic E-state index is 0.0608. The normalized spacial score (nSPS) is 12.1. The van der Waals surface area contributed by atoms with E-state index in [0.29, 0.717) is 0 Å². The summed E-state index contributed by atoms with van der Waals surface area (Å²) in [6, 6.07) is 0.997.